The molecule has 114 valence electrons. The zero-order valence-corrected chi connectivity index (χ0v) is 13.3. The Morgan fingerprint density at radius 3 is 2.73 bits per heavy atom. The molecule has 0 saturated carbocycles. The Morgan fingerprint density at radius 2 is 2.18 bits per heavy atom. The van der Waals surface area contributed by atoms with Crippen molar-refractivity contribution in [3.8, 4) is 22.9 Å². The van der Waals surface area contributed by atoms with Gasteiger partial charge in [0, 0.05) is 17.0 Å². The van der Waals surface area contributed by atoms with Crippen molar-refractivity contribution in [1.29, 1.82) is 5.26 Å². The fraction of sp³-hybridized carbons (Fsp3) is 0.267. The second-order valence-electron chi connectivity index (χ2n) is 4.92. The first-order valence-electron chi connectivity index (χ1n) is 6.47. The van der Waals surface area contributed by atoms with E-state index in [1.54, 1.807) is 24.3 Å². The van der Waals surface area contributed by atoms with E-state index in [1.165, 1.54) is 7.11 Å². The van der Waals surface area contributed by atoms with Crippen molar-refractivity contribution in [3.63, 3.8) is 0 Å². The van der Waals surface area contributed by atoms with E-state index in [4.69, 9.17) is 4.74 Å². The third-order valence-corrected chi connectivity index (χ3v) is 4.11. The summed E-state index contributed by atoms with van der Waals surface area (Å²) in [5.41, 5.74) is 1.26. The molecular weight excluding hydrogens is 302 g/mol. The molecular formula is C15H15N3O3S. The number of nitro groups is 1. The summed E-state index contributed by atoms with van der Waals surface area (Å²) in [5, 5.41) is 20.7. The number of methoxy groups -OCH3 is 1. The van der Waals surface area contributed by atoms with Crippen molar-refractivity contribution >= 4 is 16.3 Å². The summed E-state index contributed by atoms with van der Waals surface area (Å²) in [6, 6.07) is 8.86. The molecule has 0 radical (unpaired) electrons. The highest BCUT2D eigenvalue weighted by molar-refractivity contribution is 7.15. The number of thiophene rings is 1. The van der Waals surface area contributed by atoms with E-state index in [0.29, 0.717) is 29.0 Å². The van der Waals surface area contributed by atoms with Crippen LogP contribution in [0.3, 0.4) is 0 Å². The van der Waals surface area contributed by atoms with E-state index in [0.717, 1.165) is 16.2 Å². The minimum atomic E-state index is -0.410. The van der Waals surface area contributed by atoms with E-state index in [-0.39, 0.29) is 5.00 Å². The monoisotopic (exact) mass is 317 g/mol. The Balaban J connectivity index is 2.69. The van der Waals surface area contributed by atoms with Gasteiger partial charge in [-0.15, -0.1) is 0 Å². The molecule has 7 heteroatoms. The fourth-order valence-corrected chi connectivity index (χ4v) is 3.30. The molecule has 1 aromatic heterocycles. The summed E-state index contributed by atoms with van der Waals surface area (Å²) >= 11 is 1.12. The lowest BCUT2D eigenvalue weighted by molar-refractivity contribution is -0.379. The van der Waals surface area contributed by atoms with Gasteiger partial charge in [-0.3, -0.25) is 10.1 Å². The van der Waals surface area contributed by atoms with Gasteiger partial charge >= 0.3 is 5.00 Å². The van der Waals surface area contributed by atoms with E-state index in [9.17, 15) is 15.4 Å². The second-order valence-corrected chi connectivity index (χ2v) is 6.04. The molecule has 22 heavy (non-hydrogen) atoms. The zero-order chi connectivity index (χ0) is 16.3. The zero-order valence-electron chi connectivity index (χ0n) is 12.5. The molecule has 0 aliphatic heterocycles. The van der Waals surface area contributed by atoms with Crippen LogP contribution in [0.4, 0.5) is 5.00 Å². The van der Waals surface area contributed by atoms with E-state index in [1.807, 2.05) is 19.0 Å². The topological polar surface area (TPSA) is 79.4 Å². The molecule has 0 amide bonds. The normalized spacial score (nSPS) is 10.5. The smallest absolute Gasteiger partial charge is 0.332 e. The highest BCUT2D eigenvalue weighted by Gasteiger charge is 2.25. The van der Waals surface area contributed by atoms with Crippen molar-refractivity contribution in [2.24, 2.45) is 0 Å². The number of nitrogens with zero attached hydrogens (tertiary/aromatic N) is 3. The Kier molecular flexibility index (Phi) is 4.75. The number of rotatable bonds is 5. The van der Waals surface area contributed by atoms with Crippen LogP contribution in [0.15, 0.2) is 24.3 Å². The van der Waals surface area contributed by atoms with Crippen LogP contribution in [-0.4, -0.2) is 31.0 Å². The lowest BCUT2D eigenvalue weighted by atomic mass is 10.0. The largest absolute Gasteiger partial charge is 0.496 e. The Hall–Kier alpha value is -2.43. The molecule has 6 nitrogen and oxygen atoms in total. The fourth-order valence-electron chi connectivity index (χ4n) is 2.21. The van der Waals surface area contributed by atoms with Crippen molar-refractivity contribution in [2.45, 2.75) is 6.54 Å². The molecule has 1 aromatic carbocycles. The van der Waals surface area contributed by atoms with Gasteiger partial charge in [-0.1, -0.05) is 17.4 Å². The van der Waals surface area contributed by atoms with E-state index >= 15 is 0 Å². The number of ether oxygens (including phenoxy) is 1. The maximum absolute atomic E-state index is 11.4. The predicted molar refractivity (Wildman–Crippen MR) is 85.1 cm³/mol. The Morgan fingerprint density at radius 1 is 1.45 bits per heavy atom. The molecule has 2 aromatic rings. The van der Waals surface area contributed by atoms with Crippen LogP contribution in [0, 0.1) is 21.4 Å². The van der Waals surface area contributed by atoms with Crippen LogP contribution in [0.25, 0.3) is 11.1 Å². The minimum absolute atomic E-state index is 0.0258. The van der Waals surface area contributed by atoms with Gasteiger partial charge in [-0.25, -0.2) is 0 Å². The molecule has 0 spiro atoms. The summed E-state index contributed by atoms with van der Waals surface area (Å²) in [6.45, 7) is 0.600. The van der Waals surface area contributed by atoms with Crippen molar-refractivity contribution < 1.29 is 9.66 Å². The molecule has 1 heterocycles. The molecule has 0 aliphatic carbocycles. The van der Waals surface area contributed by atoms with Crippen LogP contribution in [0.5, 0.6) is 5.75 Å². The predicted octanol–water partition coefficient (Wildman–Crippen LogP) is 3.27. The molecule has 0 aliphatic rings. The van der Waals surface area contributed by atoms with Crippen LogP contribution in [-0.2, 0) is 6.54 Å². The second kappa shape index (κ2) is 6.56. The van der Waals surface area contributed by atoms with Gasteiger partial charge in [0.05, 0.1) is 29.2 Å². The van der Waals surface area contributed by atoms with Gasteiger partial charge in [0.15, 0.2) is 0 Å². The molecule has 0 N–H and O–H groups in total. The van der Waals surface area contributed by atoms with Gasteiger partial charge in [0.25, 0.3) is 0 Å². The highest BCUT2D eigenvalue weighted by Crippen LogP contribution is 2.43. The van der Waals surface area contributed by atoms with Crippen LogP contribution in [0.2, 0.25) is 0 Å². The summed E-state index contributed by atoms with van der Waals surface area (Å²) in [6.07, 6.45) is 0. The minimum Gasteiger partial charge on any atom is -0.496 e. The first-order valence-corrected chi connectivity index (χ1v) is 7.29. The Labute approximate surface area is 132 Å². The first-order chi connectivity index (χ1) is 10.5. The molecule has 2 rings (SSSR count). The number of hydrogen-bond donors (Lipinski definition) is 0. The number of nitriles is 1. The lowest BCUT2D eigenvalue weighted by Crippen LogP contribution is -2.09. The standard InChI is InChI=1S/C15H15N3O3S/c1-17(2)9-11-7-12(15(22-11)18(19)20)14-10(8-16)5-4-6-13(14)21-3/h4-7H,9H2,1-3H3. The lowest BCUT2D eigenvalue weighted by Gasteiger charge is -2.08. The van der Waals surface area contributed by atoms with Gasteiger partial charge in [0.2, 0.25) is 0 Å². The summed E-state index contributed by atoms with van der Waals surface area (Å²) < 4.78 is 5.29. The quantitative estimate of drug-likeness (QED) is 0.624. The molecule has 0 saturated heterocycles. The third-order valence-electron chi connectivity index (χ3n) is 3.04. The molecule has 0 fully saturated rings. The molecule has 0 bridgehead atoms. The highest BCUT2D eigenvalue weighted by atomic mass is 32.1. The van der Waals surface area contributed by atoms with Crippen molar-refractivity contribution in [2.75, 3.05) is 21.2 Å². The van der Waals surface area contributed by atoms with Gasteiger partial charge in [0.1, 0.15) is 5.75 Å². The van der Waals surface area contributed by atoms with Crippen LogP contribution >= 0.6 is 11.3 Å². The van der Waals surface area contributed by atoms with Crippen molar-refractivity contribution in [3.05, 3.63) is 44.8 Å². The third kappa shape index (κ3) is 3.08. The van der Waals surface area contributed by atoms with Gasteiger partial charge in [-0.2, -0.15) is 5.26 Å². The van der Waals surface area contributed by atoms with Crippen molar-refractivity contribution in [1.82, 2.24) is 4.90 Å². The number of hydrogen-bond acceptors (Lipinski definition) is 6. The van der Waals surface area contributed by atoms with Crippen LogP contribution < -0.4 is 4.74 Å². The summed E-state index contributed by atoms with van der Waals surface area (Å²) in [4.78, 5) is 13.8. The first kappa shape index (κ1) is 15.9. The molecule has 0 atom stereocenters. The summed E-state index contributed by atoms with van der Waals surface area (Å²) in [7, 11) is 5.28. The SMILES string of the molecule is COc1cccc(C#N)c1-c1cc(CN(C)C)sc1[N+](=O)[O-]. The van der Waals surface area contributed by atoms with Gasteiger partial charge < -0.3 is 9.64 Å². The maximum Gasteiger partial charge on any atom is 0.332 e. The van der Waals surface area contributed by atoms with E-state index in [2.05, 4.69) is 6.07 Å². The van der Waals surface area contributed by atoms with Gasteiger partial charge in [-0.05, 0) is 32.3 Å². The summed E-state index contributed by atoms with van der Waals surface area (Å²) in [5.74, 6) is 0.455. The maximum atomic E-state index is 11.4. The Bertz CT molecular complexity index is 747. The number of benzene rings is 1. The molecule has 0 unspecified atom stereocenters. The average molecular weight is 317 g/mol. The average Bonchev–Trinajstić information content (AvgIpc) is 2.89. The van der Waals surface area contributed by atoms with E-state index < -0.39 is 4.92 Å². The van der Waals surface area contributed by atoms with Crippen LogP contribution in [0.1, 0.15) is 10.4 Å².